The van der Waals surface area contributed by atoms with Crippen molar-refractivity contribution in [3.63, 3.8) is 0 Å². The number of fused-ring (bicyclic) bond motifs is 2. The third-order valence-corrected chi connectivity index (χ3v) is 7.12. The number of hydrogen-bond donors (Lipinski definition) is 2. The Kier molecular flexibility index (Phi) is 5.23. The average molecular weight is 517 g/mol. The summed E-state index contributed by atoms with van der Waals surface area (Å²) in [4.78, 5) is 23.3. The quantitative estimate of drug-likeness (QED) is 0.349. The van der Waals surface area contributed by atoms with Crippen LogP contribution in [0.2, 0.25) is 0 Å². The molecule has 4 aromatic heterocycles. The van der Waals surface area contributed by atoms with E-state index >= 15 is 0 Å². The van der Waals surface area contributed by atoms with Crippen LogP contribution in [0.15, 0.2) is 64.9 Å². The predicted octanol–water partition coefficient (Wildman–Crippen LogP) is 4.78. The standard InChI is InChI=1S/C26H18F2N6O2S/c1-13-12-37-25-21(13)26(36)34(18-5-3-2-4-15(18)27)20(31-25)11-33-24-22(17(29)8-9-30-24)23(32-33)14-6-7-16(28)19(35)10-14/h2-10,12,35H,11H2,1H3,(H2,29,30). The van der Waals surface area contributed by atoms with Crippen molar-refractivity contribution in [3.05, 3.63) is 93.5 Å². The first-order valence-corrected chi connectivity index (χ1v) is 12.1. The fourth-order valence-electron chi connectivity index (χ4n) is 4.38. The molecule has 8 nitrogen and oxygen atoms in total. The van der Waals surface area contributed by atoms with Gasteiger partial charge in [0.25, 0.3) is 5.56 Å². The number of rotatable bonds is 4. The molecular weight excluding hydrogens is 498 g/mol. The molecular formula is C26H18F2N6O2S. The summed E-state index contributed by atoms with van der Waals surface area (Å²) in [6.07, 6.45) is 1.52. The number of halogens is 2. The lowest BCUT2D eigenvalue weighted by molar-refractivity contribution is 0.432. The molecule has 0 unspecified atom stereocenters. The molecule has 0 saturated carbocycles. The highest BCUT2D eigenvalue weighted by molar-refractivity contribution is 7.16. The molecule has 0 saturated heterocycles. The number of aryl methyl sites for hydroxylation is 1. The average Bonchev–Trinajstić information content (AvgIpc) is 3.43. The van der Waals surface area contributed by atoms with Gasteiger partial charge in [-0.1, -0.05) is 12.1 Å². The van der Waals surface area contributed by atoms with Crippen LogP contribution in [0, 0.1) is 18.6 Å². The van der Waals surface area contributed by atoms with Gasteiger partial charge in [-0.05, 0) is 54.3 Å². The predicted molar refractivity (Wildman–Crippen MR) is 138 cm³/mol. The lowest BCUT2D eigenvalue weighted by atomic mass is 10.1. The van der Waals surface area contributed by atoms with E-state index in [0.29, 0.717) is 38.2 Å². The molecule has 0 aliphatic carbocycles. The zero-order valence-corrected chi connectivity index (χ0v) is 20.1. The summed E-state index contributed by atoms with van der Waals surface area (Å²) in [7, 11) is 0. The van der Waals surface area contributed by atoms with Crippen molar-refractivity contribution in [3.8, 4) is 22.7 Å². The van der Waals surface area contributed by atoms with Crippen LogP contribution in [0.1, 0.15) is 11.4 Å². The van der Waals surface area contributed by atoms with Crippen LogP contribution in [0.4, 0.5) is 14.5 Å². The fraction of sp³-hybridized carbons (Fsp3) is 0.0769. The van der Waals surface area contributed by atoms with Crippen molar-refractivity contribution in [2.75, 3.05) is 5.73 Å². The number of pyridine rings is 1. The summed E-state index contributed by atoms with van der Waals surface area (Å²) < 4.78 is 31.4. The number of phenols is 1. The smallest absolute Gasteiger partial charge is 0.267 e. The van der Waals surface area contributed by atoms with Gasteiger partial charge in [0.1, 0.15) is 28.7 Å². The monoisotopic (exact) mass is 516 g/mol. The topological polar surface area (TPSA) is 112 Å². The summed E-state index contributed by atoms with van der Waals surface area (Å²) >= 11 is 1.33. The summed E-state index contributed by atoms with van der Waals surface area (Å²) in [5.41, 5.74) is 8.24. The van der Waals surface area contributed by atoms with E-state index in [-0.39, 0.29) is 18.1 Å². The third-order valence-electron chi connectivity index (χ3n) is 6.13. The Bertz CT molecular complexity index is 1910. The van der Waals surface area contributed by atoms with Crippen molar-refractivity contribution in [2.45, 2.75) is 13.5 Å². The number of nitrogens with two attached hydrogens (primary N) is 1. The number of hydrogen-bond acceptors (Lipinski definition) is 7. The van der Waals surface area contributed by atoms with Crippen LogP contribution in [0.3, 0.4) is 0 Å². The number of benzene rings is 2. The SMILES string of the molecule is Cc1csc2nc(Cn3nc(-c4ccc(F)c(O)c4)c4c(N)ccnc43)n(-c3ccccc3F)c(=O)c12. The Morgan fingerprint density at radius 3 is 2.68 bits per heavy atom. The van der Waals surface area contributed by atoms with Crippen molar-refractivity contribution in [2.24, 2.45) is 0 Å². The molecule has 0 radical (unpaired) electrons. The highest BCUT2D eigenvalue weighted by Gasteiger charge is 2.22. The van der Waals surface area contributed by atoms with Gasteiger partial charge in [-0.15, -0.1) is 11.3 Å². The normalized spacial score (nSPS) is 11.5. The van der Waals surface area contributed by atoms with Gasteiger partial charge in [0.05, 0.1) is 16.5 Å². The van der Waals surface area contributed by atoms with Gasteiger partial charge in [0.2, 0.25) is 0 Å². The molecule has 3 N–H and O–H groups in total. The molecule has 0 fully saturated rings. The summed E-state index contributed by atoms with van der Waals surface area (Å²) in [5.74, 6) is -1.63. The number of nitrogen functional groups attached to an aromatic ring is 1. The molecule has 0 aliphatic heterocycles. The Morgan fingerprint density at radius 2 is 1.89 bits per heavy atom. The number of aromatic nitrogens is 5. The second-order valence-corrected chi connectivity index (χ2v) is 9.35. The van der Waals surface area contributed by atoms with E-state index in [0.717, 1.165) is 11.6 Å². The van der Waals surface area contributed by atoms with Gasteiger partial charge in [0, 0.05) is 17.4 Å². The van der Waals surface area contributed by atoms with Crippen molar-refractivity contribution >= 4 is 38.3 Å². The zero-order valence-electron chi connectivity index (χ0n) is 19.3. The van der Waals surface area contributed by atoms with E-state index in [1.807, 2.05) is 12.3 Å². The van der Waals surface area contributed by atoms with Gasteiger partial charge < -0.3 is 10.8 Å². The molecule has 6 rings (SSSR count). The van der Waals surface area contributed by atoms with E-state index in [1.54, 1.807) is 18.2 Å². The Balaban J connectivity index is 1.61. The van der Waals surface area contributed by atoms with Crippen LogP contribution in [0.25, 0.3) is 38.2 Å². The lowest BCUT2D eigenvalue weighted by Crippen LogP contribution is -2.26. The molecule has 11 heteroatoms. The Hall–Kier alpha value is -4.64. The van der Waals surface area contributed by atoms with E-state index in [9.17, 15) is 18.7 Å². The molecule has 184 valence electrons. The van der Waals surface area contributed by atoms with Crippen molar-refractivity contribution in [1.29, 1.82) is 0 Å². The van der Waals surface area contributed by atoms with E-state index in [2.05, 4.69) is 10.1 Å². The number of thiophene rings is 1. The van der Waals surface area contributed by atoms with Gasteiger partial charge in [-0.3, -0.25) is 9.36 Å². The summed E-state index contributed by atoms with van der Waals surface area (Å²) in [6.45, 7) is 1.77. The van der Waals surface area contributed by atoms with E-state index < -0.39 is 22.9 Å². The second kappa shape index (κ2) is 8.49. The Labute approximate surface area is 211 Å². The first-order valence-electron chi connectivity index (χ1n) is 11.2. The first kappa shape index (κ1) is 22.8. The first-order chi connectivity index (χ1) is 17.8. The maximum absolute atomic E-state index is 14.9. The maximum Gasteiger partial charge on any atom is 0.267 e. The molecule has 37 heavy (non-hydrogen) atoms. The zero-order chi connectivity index (χ0) is 25.8. The van der Waals surface area contributed by atoms with E-state index in [4.69, 9.17) is 10.7 Å². The van der Waals surface area contributed by atoms with Crippen LogP contribution in [-0.2, 0) is 6.54 Å². The van der Waals surface area contributed by atoms with Gasteiger partial charge in [-0.2, -0.15) is 5.10 Å². The molecule has 4 heterocycles. The largest absolute Gasteiger partial charge is 0.505 e. The number of para-hydroxylation sites is 1. The van der Waals surface area contributed by atoms with Crippen molar-refractivity contribution in [1.82, 2.24) is 24.3 Å². The molecule has 0 bridgehead atoms. The molecule has 0 aliphatic rings. The molecule has 0 spiro atoms. The van der Waals surface area contributed by atoms with Crippen LogP contribution < -0.4 is 11.3 Å². The van der Waals surface area contributed by atoms with Crippen LogP contribution in [0.5, 0.6) is 5.75 Å². The highest BCUT2D eigenvalue weighted by atomic mass is 32.1. The van der Waals surface area contributed by atoms with Gasteiger partial charge in [0.15, 0.2) is 17.2 Å². The van der Waals surface area contributed by atoms with Gasteiger partial charge >= 0.3 is 0 Å². The Morgan fingerprint density at radius 1 is 1.08 bits per heavy atom. The maximum atomic E-state index is 14.9. The minimum absolute atomic E-state index is 0.0450. The van der Waals surface area contributed by atoms with Crippen LogP contribution >= 0.6 is 11.3 Å². The minimum Gasteiger partial charge on any atom is -0.505 e. The molecule has 6 aromatic rings. The summed E-state index contributed by atoms with van der Waals surface area (Å²) in [5, 5.41) is 17.3. The van der Waals surface area contributed by atoms with E-state index in [1.165, 1.54) is 51.0 Å². The molecule has 2 aromatic carbocycles. The number of aromatic hydroxyl groups is 1. The van der Waals surface area contributed by atoms with Crippen molar-refractivity contribution < 1.29 is 13.9 Å². The number of nitrogens with zero attached hydrogens (tertiary/aromatic N) is 5. The number of anilines is 1. The fourth-order valence-corrected chi connectivity index (χ4v) is 5.32. The number of phenolic OH excluding ortho intramolecular Hbond substituents is 1. The molecule has 0 amide bonds. The lowest BCUT2D eigenvalue weighted by Gasteiger charge is -2.14. The minimum atomic E-state index is -0.767. The summed E-state index contributed by atoms with van der Waals surface area (Å²) in [6, 6.07) is 11.4. The molecule has 0 atom stereocenters. The van der Waals surface area contributed by atoms with Crippen LogP contribution in [-0.4, -0.2) is 29.4 Å². The highest BCUT2D eigenvalue weighted by Crippen LogP contribution is 2.34. The third kappa shape index (κ3) is 3.62. The second-order valence-electron chi connectivity index (χ2n) is 8.49. The van der Waals surface area contributed by atoms with Gasteiger partial charge in [-0.25, -0.2) is 23.4 Å².